The molecule has 0 aliphatic carbocycles. The molecule has 25 heavy (non-hydrogen) atoms. The number of hydrogen-bond acceptors (Lipinski definition) is 6. The van der Waals surface area contributed by atoms with E-state index in [0.29, 0.717) is 0 Å². The summed E-state index contributed by atoms with van der Waals surface area (Å²) in [5, 5.41) is 16.5. The Morgan fingerprint density at radius 3 is 2.76 bits per heavy atom. The highest BCUT2D eigenvalue weighted by molar-refractivity contribution is 7.92. The number of esters is 1. The van der Waals surface area contributed by atoms with Gasteiger partial charge < -0.3 is 9.84 Å². The van der Waals surface area contributed by atoms with Crippen LogP contribution in [0.3, 0.4) is 0 Å². The first-order valence-electron chi connectivity index (χ1n) is 7.78. The summed E-state index contributed by atoms with van der Waals surface area (Å²) in [6, 6.07) is 5.01. The van der Waals surface area contributed by atoms with Crippen LogP contribution in [0.5, 0.6) is 5.75 Å². The van der Waals surface area contributed by atoms with Gasteiger partial charge in [-0.25, -0.2) is 13.2 Å². The summed E-state index contributed by atoms with van der Waals surface area (Å²) < 4.78 is 31.8. The van der Waals surface area contributed by atoms with Crippen molar-refractivity contribution in [3.05, 3.63) is 35.5 Å². The monoisotopic (exact) mass is 367 g/mol. The Morgan fingerprint density at radius 2 is 2.12 bits per heavy atom. The van der Waals surface area contributed by atoms with Gasteiger partial charge in [-0.1, -0.05) is 20.3 Å². The number of benzene rings is 1. The number of anilines is 1. The van der Waals surface area contributed by atoms with Gasteiger partial charge in [0.25, 0.3) is 10.0 Å². The van der Waals surface area contributed by atoms with Crippen LogP contribution < -0.4 is 4.72 Å². The normalized spacial score (nSPS) is 12.6. The summed E-state index contributed by atoms with van der Waals surface area (Å²) in [6.45, 7) is 4.10. The quantitative estimate of drug-likeness (QED) is 0.647. The van der Waals surface area contributed by atoms with E-state index in [1.165, 1.54) is 6.07 Å². The summed E-state index contributed by atoms with van der Waals surface area (Å²) in [6.07, 6.45) is 1.96. The molecule has 9 heteroatoms. The first-order chi connectivity index (χ1) is 11.8. The van der Waals surface area contributed by atoms with Crippen LogP contribution in [0.4, 0.5) is 5.82 Å². The molecular weight excluding hydrogens is 346 g/mol. The molecule has 0 aliphatic heterocycles. The first kappa shape index (κ1) is 18.8. The summed E-state index contributed by atoms with van der Waals surface area (Å²) >= 11 is 0. The van der Waals surface area contributed by atoms with Gasteiger partial charge in [-0.05, 0) is 30.5 Å². The van der Waals surface area contributed by atoms with Gasteiger partial charge >= 0.3 is 5.97 Å². The number of aromatic amines is 1. The fourth-order valence-corrected chi connectivity index (χ4v) is 3.40. The Hall–Kier alpha value is -2.55. The van der Waals surface area contributed by atoms with Crippen LogP contribution in [0.1, 0.15) is 48.7 Å². The van der Waals surface area contributed by atoms with Crippen LogP contribution >= 0.6 is 0 Å². The molecule has 136 valence electrons. The molecule has 1 unspecified atom stereocenters. The minimum atomic E-state index is -3.97. The minimum absolute atomic E-state index is 0.158. The van der Waals surface area contributed by atoms with E-state index < -0.39 is 16.0 Å². The number of methoxy groups -OCH3 is 1. The van der Waals surface area contributed by atoms with Gasteiger partial charge in [-0.15, -0.1) is 0 Å². The number of hydrogen-bond donors (Lipinski definition) is 3. The number of rotatable bonds is 7. The average molecular weight is 367 g/mol. The van der Waals surface area contributed by atoms with Crippen molar-refractivity contribution in [1.82, 2.24) is 10.2 Å². The number of carbonyl (C=O) groups is 1. The topological polar surface area (TPSA) is 121 Å². The standard InChI is InChI=1S/C16H21N3O5S/c1-4-5-10(2)13-9-15(18-17-13)19-25(22,23)11-6-7-14(20)12(8-11)16(21)24-3/h6-10,20H,4-5H2,1-3H3,(H2,17,18,19). The first-order valence-corrected chi connectivity index (χ1v) is 9.26. The highest BCUT2D eigenvalue weighted by Crippen LogP contribution is 2.25. The number of phenolic OH excluding ortho intramolecular Hbond substituents is 1. The third-order valence-corrected chi connectivity index (χ3v) is 5.13. The van der Waals surface area contributed by atoms with Gasteiger partial charge in [-0.2, -0.15) is 5.10 Å². The average Bonchev–Trinajstić information content (AvgIpc) is 3.02. The van der Waals surface area contributed by atoms with Gasteiger partial charge in [0.15, 0.2) is 5.82 Å². The lowest BCUT2D eigenvalue weighted by Crippen LogP contribution is -2.14. The van der Waals surface area contributed by atoms with Crippen LogP contribution in [-0.4, -0.2) is 36.8 Å². The van der Waals surface area contributed by atoms with E-state index in [9.17, 15) is 18.3 Å². The molecule has 2 rings (SSSR count). The van der Waals surface area contributed by atoms with Gasteiger partial charge in [-0.3, -0.25) is 9.82 Å². The van der Waals surface area contributed by atoms with Crippen LogP contribution in [-0.2, 0) is 14.8 Å². The number of phenols is 1. The van der Waals surface area contributed by atoms with Crippen LogP contribution in [0, 0.1) is 0 Å². The summed E-state index contributed by atoms with van der Waals surface area (Å²) in [5.74, 6) is -0.799. The lowest BCUT2D eigenvalue weighted by atomic mass is 10.0. The van der Waals surface area contributed by atoms with E-state index in [-0.39, 0.29) is 27.9 Å². The summed E-state index contributed by atoms with van der Waals surface area (Å²) in [7, 11) is -2.83. The molecule has 1 aromatic heterocycles. The van der Waals surface area contributed by atoms with Crippen molar-refractivity contribution in [2.24, 2.45) is 0 Å². The van der Waals surface area contributed by atoms with Gasteiger partial charge in [0.05, 0.1) is 12.0 Å². The van der Waals surface area contributed by atoms with Crippen LogP contribution in [0.15, 0.2) is 29.2 Å². The maximum atomic E-state index is 12.5. The third kappa shape index (κ3) is 4.30. The number of aromatic nitrogens is 2. The molecule has 0 bridgehead atoms. The number of aromatic hydroxyl groups is 1. The Kier molecular flexibility index (Phi) is 5.68. The molecule has 0 aliphatic rings. The number of H-pyrrole nitrogens is 1. The molecule has 0 fully saturated rings. The molecule has 0 saturated carbocycles. The molecule has 3 N–H and O–H groups in total. The van der Waals surface area contributed by atoms with Gasteiger partial charge in [0.2, 0.25) is 0 Å². The maximum Gasteiger partial charge on any atom is 0.341 e. The molecule has 0 radical (unpaired) electrons. The zero-order chi connectivity index (χ0) is 18.6. The van der Waals surface area contributed by atoms with Gasteiger partial charge in [0.1, 0.15) is 11.3 Å². The van der Waals surface area contributed by atoms with Crippen LogP contribution in [0.2, 0.25) is 0 Å². The van der Waals surface area contributed by atoms with Crippen LogP contribution in [0.25, 0.3) is 0 Å². The zero-order valence-electron chi connectivity index (χ0n) is 14.2. The van der Waals surface area contributed by atoms with Crippen molar-refractivity contribution in [3.8, 4) is 5.75 Å². The molecule has 2 aromatic rings. The molecule has 0 saturated heterocycles. The lowest BCUT2D eigenvalue weighted by molar-refractivity contribution is 0.0597. The smallest absolute Gasteiger partial charge is 0.341 e. The number of ether oxygens (including phenoxy) is 1. The minimum Gasteiger partial charge on any atom is -0.507 e. The van der Waals surface area contributed by atoms with Gasteiger partial charge in [0, 0.05) is 11.8 Å². The highest BCUT2D eigenvalue weighted by Gasteiger charge is 2.21. The van der Waals surface area contributed by atoms with Crippen molar-refractivity contribution >= 4 is 21.8 Å². The van der Waals surface area contributed by atoms with Crippen molar-refractivity contribution < 1.29 is 23.1 Å². The molecule has 1 heterocycles. The van der Waals surface area contributed by atoms with E-state index in [4.69, 9.17) is 0 Å². The molecule has 0 spiro atoms. The molecule has 0 amide bonds. The molecule has 1 aromatic carbocycles. The number of carbonyl (C=O) groups excluding carboxylic acids is 1. The van der Waals surface area contributed by atoms with E-state index >= 15 is 0 Å². The van der Waals surface area contributed by atoms with Crippen molar-refractivity contribution in [2.75, 3.05) is 11.8 Å². The summed E-state index contributed by atoms with van der Waals surface area (Å²) in [4.78, 5) is 11.4. The van der Waals surface area contributed by atoms with Crippen molar-refractivity contribution in [3.63, 3.8) is 0 Å². The zero-order valence-corrected chi connectivity index (χ0v) is 15.1. The number of nitrogens with zero attached hydrogens (tertiary/aromatic N) is 1. The maximum absolute atomic E-state index is 12.5. The number of sulfonamides is 1. The number of nitrogens with one attached hydrogen (secondary N) is 2. The predicted molar refractivity (Wildman–Crippen MR) is 92.2 cm³/mol. The van der Waals surface area contributed by atoms with E-state index in [1.54, 1.807) is 6.07 Å². The Balaban J connectivity index is 2.26. The van der Waals surface area contributed by atoms with E-state index in [0.717, 1.165) is 37.8 Å². The Bertz CT molecular complexity index is 860. The second kappa shape index (κ2) is 7.56. The largest absolute Gasteiger partial charge is 0.507 e. The fraction of sp³-hybridized carbons (Fsp3) is 0.375. The van der Waals surface area contributed by atoms with E-state index in [2.05, 4.69) is 26.6 Å². The highest BCUT2D eigenvalue weighted by atomic mass is 32.2. The fourth-order valence-electron chi connectivity index (χ4n) is 2.38. The summed E-state index contributed by atoms with van der Waals surface area (Å²) in [5.41, 5.74) is 0.602. The van der Waals surface area contributed by atoms with Crippen molar-refractivity contribution in [2.45, 2.75) is 37.5 Å². The SMILES string of the molecule is CCCC(C)c1cc(NS(=O)(=O)c2ccc(O)c(C(=O)OC)c2)n[nH]1. The molecule has 1 atom stereocenters. The predicted octanol–water partition coefficient (Wildman–Crippen LogP) is 2.61. The second-order valence-electron chi connectivity index (χ2n) is 5.67. The van der Waals surface area contributed by atoms with E-state index in [1.807, 2.05) is 6.92 Å². The second-order valence-corrected chi connectivity index (χ2v) is 7.36. The molecular formula is C16H21N3O5S. The molecule has 8 nitrogen and oxygen atoms in total. The lowest BCUT2D eigenvalue weighted by Gasteiger charge is -2.08. The Labute approximate surface area is 146 Å². The van der Waals surface area contributed by atoms with Crippen molar-refractivity contribution in [1.29, 1.82) is 0 Å². The Morgan fingerprint density at radius 1 is 1.40 bits per heavy atom. The third-order valence-electron chi connectivity index (χ3n) is 3.77.